The third kappa shape index (κ3) is 1.81. The predicted octanol–water partition coefficient (Wildman–Crippen LogP) is 3.27. The van der Waals surface area contributed by atoms with Crippen molar-refractivity contribution in [2.45, 2.75) is 63.9 Å². The second-order valence-corrected chi connectivity index (χ2v) is 8.33. The Kier molecular flexibility index (Phi) is 3.31. The Morgan fingerprint density at radius 1 is 1.17 bits per heavy atom. The van der Waals surface area contributed by atoms with Crippen LogP contribution in [0.3, 0.4) is 0 Å². The van der Waals surface area contributed by atoms with Gasteiger partial charge in [-0.05, 0) is 74.8 Å². The first-order valence-electron chi connectivity index (χ1n) is 9.07. The lowest BCUT2D eigenvalue weighted by Gasteiger charge is -2.52. The van der Waals surface area contributed by atoms with E-state index in [1.165, 1.54) is 6.92 Å². The highest BCUT2D eigenvalue weighted by Crippen LogP contribution is 2.64. The summed E-state index contributed by atoms with van der Waals surface area (Å²) in [6, 6.07) is 3.54. The summed E-state index contributed by atoms with van der Waals surface area (Å²) in [4.78, 5) is 12.2. The van der Waals surface area contributed by atoms with Crippen LogP contribution in [0.25, 0.3) is 0 Å². The third-order valence-electron chi connectivity index (χ3n) is 7.60. The molecule has 2 fully saturated rings. The number of carbonyl (C=O) groups excluding carboxylic acids is 1. The van der Waals surface area contributed by atoms with Crippen molar-refractivity contribution in [3.8, 4) is 11.5 Å². The molecule has 1 aromatic carbocycles. The maximum absolute atomic E-state index is 12.2. The van der Waals surface area contributed by atoms with Gasteiger partial charge in [0.25, 0.3) is 0 Å². The summed E-state index contributed by atoms with van der Waals surface area (Å²) in [5.41, 5.74) is 0.526. The fourth-order valence-corrected chi connectivity index (χ4v) is 6.23. The van der Waals surface area contributed by atoms with Crippen molar-refractivity contribution < 1.29 is 20.1 Å². The highest BCUT2D eigenvalue weighted by atomic mass is 16.3. The number of ketones is 1. The molecule has 0 aliphatic heterocycles. The van der Waals surface area contributed by atoms with Gasteiger partial charge in [-0.25, -0.2) is 0 Å². The molecule has 4 rings (SSSR count). The molecular weight excluding hydrogens is 304 g/mol. The Morgan fingerprint density at radius 2 is 1.92 bits per heavy atom. The van der Waals surface area contributed by atoms with Gasteiger partial charge in [-0.2, -0.15) is 0 Å². The number of hydrogen-bond donors (Lipinski definition) is 3. The number of rotatable bonds is 1. The number of benzene rings is 1. The van der Waals surface area contributed by atoms with E-state index in [2.05, 4.69) is 6.92 Å². The maximum Gasteiger partial charge on any atom is 0.161 e. The van der Waals surface area contributed by atoms with Gasteiger partial charge in [0.05, 0.1) is 0 Å². The van der Waals surface area contributed by atoms with Crippen molar-refractivity contribution >= 4 is 5.78 Å². The Labute approximate surface area is 142 Å². The normalized spacial score (nSPS) is 40.5. The van der Waals surface area contributed by atoms with Crippen molar-refractivity contribution in [3.05, 3.63) is 23.3 Å². The van der Waals surface area contributed by atoms with Gasteiger partial charge in [0.2, 0.25) is 0 Å². The van der Waals surface area contributed by atoms with Gasteiger partial charge in [0, 0.05) is 11.0 Å². The Bertz CT molecular complexity index is 712. The van der Waals surface area contributed by atoms with E-state index in [0.717, 1.165) is 43.2 Å². The van der Waals surface area contributed by atoms with E-state index >= 15 is 0 Å². The van der Waals surface area contributed by atoms with Gasteiger partial charge in [-0.3, -0.25) is 4.79 Å². The quantitative estimate of drug-likeness (QED) is 0.691. The number of aromatic hydroxyl groups is 2. The average molecular weight is 330 g/mol. The van der Waals surface area contributed by atoms with Crippen LogP contribution in [0, 0.1) is 17.3 Å². The van der Waals surface area contributed by atoms with Crippen molar-refractivity contribution in [2.24, 2.45) is 17.3 Å². The summed E-state index contributed by atoms with van der Waals surface area (Å²) in [7, 11) is 0. The smallest absolute Gasteiger partial charge is 0.161 e. The summed E-state index contributed by atoms with van der Waals surface area (Å²) in [5.74, 6) is 1.03. The van der Waals surface area contributed by atoms with Crippen LogP contribution in [0.1, 0.15) is 63.0 Å². The van der Waals surface area contributed by atoms with Crippen LogP contribution in [0.5, 0.6) is 11.5 Å². The lowest BCUT2D eigenvalue weighted by Crippen LogP contribution is -2.54. The molecule has 0 heterocycles. The van der Waals surface area contributed by atoms with Gasteiger partial charge in [0.15, 0.2) is 17.3 Å². The lowest BCUT2D eigenvalue weighted by molar-refractivity contribution is -0.154. The predicted molar refractivity (Wildman–Crippen MR) is 90.0 cm³/mol. The van der Waals surface area contributed by atoms with Crippen LogP contribution in [0.2, 0.25) is 0 Å². The van der Waals surface area contributed by atoms with E-state index in [0.29, 0.717) is 24.2 Å². The van der Waals surface area contributed by atoms with Crippen molar-refractivity contribution in [2.75, 3.05) is 0 Å². The van der Waals surface area contributed by atoms with Gasteiger partial charge < -0.3 is 15.3 Å². The van der Waals surface area contributed by atoms with Crippen LogP contribution >= 0.6 is 0 Å². The number of carbonyl (C=O) groups is 1. The molecule has 0 spiro atoms. The topological polar surface area (TPSA) is 77.8 Å². The van der Waals surface area contributed by atoms with E-state index in [-0.39, 0.29) is 22.7 Å². The maximum atomic E-state index is 12.2. The van der Waals surface area contributed by atoms with Gasteiger partial charge >= 0.3 is 0 Å². The summed E-state index contributed by atoms with van der Waals surface area (Å²) in [5, 5.41) is 31.0. The minimum absolute atomic E-state index is 0.0333. The summed E-state index contributed by atoms with van der Waals surface area (Å²) in [6.07, 6.45) is 4.92. The van der Waals surface area contributed by atoms with E-state index in [1.54, 1.807) is 6.07 Å². The molecule has 24 heavy (non-hydrogen) atoms. The number of hydrogen-bond acceptors (Lipinski definition) is 4. The average Bonchev–Trinajstić information content (AvgIpc) is 2.83. The second-order valence-electron chi connectivity index (χ2n) is 8.33. The summed E-state index contributed by atoms with van der Waals surface area (Å²) < 4.78 is 0. The lowest BCUT2D eigenvalue weighted by atomic mass is 9.53. The standard InChI is InChI=1S/C20H26O4/c1-11(21)20(24)10-8-16-14-3-4-15-12(5-6-17(22)18(15)23)13(14)7-9-19(16,20)2/h5-6,13-14,16,22-24H,3-4,7-10H2,1-2H3/t13-,14-,16+,19+,20?/m1/s1. The molecule has 5 atom stereocenters. The number of fused-ring (bicyclic) bond motifs is 5. The molecule has 0 amide bonds. The molecule has 2 saturated carbocycles. The van der Waals surface area contributed by atoms with Crippen LogP contribution < -0.4 is 0 Å². The van der Waals surface area contributed by atoms with E-state index in [4.69, 9.17) is 0 Å². The Hall–Kier alpha value is -1.55. The number of phenols is 2. The molecule has 3 aliphatic rings. The molecule has 1 aromatic rings. The van der Waals surface area contributed by atoms with Crippen molar-refractivity contribution in [1.29, 1.82) is 0 Å². The van der Waals surface area contributed by atoms with Gasteiger partial charge in [0.1, 0.15) is 5.60 Å². The second kappa shape index (κ2) is 4.98. The first kappa shape index (κ1) is 15.9. The molecule has 1 unspecified atom stereocenters. The van der Waals surface area contributed by atoms with Crippen molar-refractivity contribution in [3.63, 3.8) is 0 Å². The minimum atomic E-state index is -1.18. The van der Waals surface area contributed by atoms with Crippen LogP contribution in [-0.2, 0) is 11.2 Å². The van der Waals surface area contributed by atoms with Gasteiger partial charge in [-0.1, -0.05) is 13.0 Å². The minimum Gasteiger partial charge on any atom is -0.504 e. The van der Waals surface area contributed by atoms with Crippen molar-refractivity contribution in [1.82, 2.24) is 0 Å². The fourth-order valence-electron chi connectivity index (χ4n) is 6.23. The Balaban J connectivity index is 1.73. The molecule has 0 saturated heterocycles. The Morgan fingerprint density at radius 3 is 2.62 bits per heavy atom. The zero-order chi connectivity index (χ0) is 17.3. The highest BCUT2D eigenvalue weighted by Gasteiger charge is 2.63. The molecule has 4 nitrogen and oxygen atoms in total. The number of aliphatic hydroxyl groups is 1. The molecule has 0 radical (unpaired) electrons. The van der Waals surface area contributed by atoms with Gasteiger partial charge in [-0.15, -0.1) is 0 Å². The third-order valence-corrected chi connectivity index (χ3v) is 7.60. The highest BCUT2D eigenvalue weighted by molar-refractivity contribution is 5.86. The van der Waals surface area contributed by atoms with E-state index in [9.17, 15) is 20.1 Å². The summed E-state index contributed by atoms with van der Waals surface area (Å²) >= 11 is 0. The SMILES string of the molecule is CC(=O)C1(O)CC[C@H]2[C@@H]3CCc4c(ccc(O)c4O)[C@H]3CC[C@@]21C. The molecule has 3 aliphatic carbocycles. The molecule has 130 valence electrons. The van der Waals surface area contributed by atoms with Crippen LogP contribution in [-0.4, -0.2) is 26.7 Å². The zero-order valence-electron chi connectivity index (χ0n) is 14.4. The zero-order valence-corrected chi connectivity index (χ0v) is 14.4. The van der Waals surface area contributed by atoms with Crippen LogP contribution in [0.15, 0.2) is 12.1 Å². The summed E-state index contributed by atoms with van der Waals surface area (Å²) in [6.45, 7) is 3.63. The van der Waals surface area contributed by atoms with Crippen LogP contribution in [0.4, 0.5) is 0 Å². The molecule has 0 aromatic heterocycles. The number of Topliss-reactive ketones (excluding diaryl/α,β-unsaturated/α-hetero) is 1. The molecule has 4 heteroatoms. The monoisotopic (exact) mass is 330 g/mol. The van der Waals surface area contributed by atoms with E-state index < -0.39 is 5.60 Å². The first-order chi connectivity index (χ1) is 11.3. The van der Waals surface area contributed by atoms with E-state index in [1.807, 2.05) is 6.07 Å². The molecule has 0 bridgehead atoms. The molecular formula is C20H26O4. The molecule has 3 N–H and O–H groups in total. The largest absolute Gasteiger partial charge is 0.504 e. The first-order valence-corrected chi connectivity index (χ1v) is 9.07. The fraction of sp³-hybridized carbons (Fsp3) is 0.650. The number of phenolic OH excluding ortho intramolecular Hbond substituents is 2.